The summed E-state index contributed by atoms with van der Waals surface area (Å²) in [5, 5.41) is 0. The summed E-state index contributed by atoms with van der Waals surface area (Å²) in [6, 6.07) is 8.25. The fourth-order valence-electron chi connectivity index (χ4n) is 5.98. The van der Waals surface area contributed by atoms with E-state index in [1.54, 1.807) is 0 Å². The van der Waals surface area contributed by atoms with Crippen LogP contribution in [0.1, 0.15) is 206 Å². The summed E-state index contributed by atoms with van der Waals surface area (Å²) >= 11 is 0. The van der Waals surface area contributed by atoms with Crippen LogP contribution in [-0.2, 0) is 0 Å². The molecule has 0 saturated heterocycles. The second-order valence-electron chi connectivity index (χ2n) is 13.1. The van der Waals surface area contributed by atoms with Crippen LogP contribution in [-0.4, -0.2) is 13.2 Å². The Morgan fingerprint density at radius 1 is 0.333 bits per heavy atom. The molecular weight excluding hydrogens is 512 g/mol. The lowest BCUT2D eigenvalue weighted by Gasteiger charge is -2.10. The van der Waals surface area contributed by atoms with E-state index in [0.717, 1.165) is 37.6 Å². The lowest BCUT2D eigenvalue weighted by Crippen LogP contribution is -2.00. The molecular formula is C40H74O2. The maximum absolute atomic E-state index is 6.01. The molecule has 0 amide bonds. The van der Waals surface area contributed by atoms with Gasteiger partial charge in [0.15, 0.2) is 0 Å². The number of hydrogen-bond acceptors (Lipinski definition) is 2. The van der Waals surface area contributed by atoms with Crippen molar-refractivity contribution in [2.45, 2.75) is 206 Å². The Bertz CT molecular complexity index is 591. The number of hydrogen-bond donors (Lipinski definition) is 0. The van der Waals surface area contributed by atoms with Gasteiger partial charge < -0.3 is 9.47 Å². The van der Waals surface area contributed by atoms with Crippen molar-refractivity contribution in [2.24, 2.45) is 0 Å². The second-order valence-corrected chi connectivity index (χ2v) is 13.1. The first kappa shape index (κ1) is 38.8. The molecule has 1 rings (SSSR count). The van der Waals surface area contributed by atoms with E-state index in [2.05, 4.69) is 38.1 Å². The van der Waals surface area contributed by atoms with Crippen LogP contribution < -0.4 is 9.47 Å². The molecule has 0 fully saturated rings. The van der Waals surface area contributed by atoms with Gasteiger partial charge in [0, 0.05) is 6.07 Å². The highest BCUT2D eigenvalue weighted by molar-refractivity contribution is 5.32. The lowest BCUT2D eigenvalue weighted by atomic mass is 10.0. The number of rotatable bonds is 34. The van der Waals surface area contributed by atoms with Crippen LogP contribution in [0, 0.1) is 0 Å². The highest BCUT2D eigenvalue weighted by Gasteiger charge is 2.00. The maximum Gasteiger partial charge on any atom is 0.122 e. The van der Waals surface area contributed by atoms with E-state index in [1.807, 2.05) is 0 Å². The third-order valence-electron chi connectivity index (χ3n) is 8.84. The van der Waals surface area contributed by atoms with E-state index in [9.17, 15) is 0 Å². The van der Waals surface area contributed by atoms with Gasteiger partial charge in [0.1, 0.15) is 11.5 Å². The molecule has 246 valence electrons. The summed E-state index contributed by atoms with van der Waals surface area (Å²) in [6.07, 6.45) is 41.9. The Labute approximate surface area is 264 Å². The fourth-order valence-corrected chi connectivity index (χ4v) is 5.98. The standard InChI is InChI=1S/C40H74O2/c1-3-5-7-9-11-13-15-17-19-21-23-25-27-29-31-36-41-39-34-33-35-40(38-39)42-37-32-30-28-26-24-22-20-18-16-14-12-10-8-6-4-2/h33-35,38H,3-32,36-37H2,1-2H3. The third-order valence-corrected chi connectivity index (χ3v) is 8.84. The molecule has 0 N–H and O–H groups in total. The van der Waals surface area contributed by atoms with Crippen molar-refractivity contribution < 1.29 is 9.47 Å². The quantitative estimate of drug-likeness (QED) is 0.0748. The minimum atomic E-state index is 0.820. The highest BCUT2D eigenvalue weighted by Crippen LogP contribution is 2.21. The molecule has 0 spiro atoms. The van der Waals surface area contributed by atoms with E-state index in [4.69, 9.17) is 9.47 Å². The molecule has 2 nitrogen and oxygen atoms in total. The summed E-state index contributed by atoms with van der Waals surface area (Å²) in [6.45, 7) is 6.23. The monoisotopic (exact) mass is 587 g/mol. The molecule has 0 saturated carbocycles. The van der Waals surface area contributed by atoms with Crippen molar-refractivity contribution in [3.8, 4) is 11.5 Å². The van der Waals surface area contributed by atoms with E-state index in [-0.39, 0.29) is 0 Å². The van der Waals surface area contributed by atoms with Gasteiger partial charge in [0.05, 0.1) is 13.2 Å². The first-order chi connectivity index (χ1) is 20.9. The van der Waals surface area contributed by atoms with E-state index >= 15 is 0 Å². The Hall–Kier alpha value is -1.18. The summed E-state index contributed by atoms with van der Waals surface area (Å²) in [4.78, 5) is 0. The van der Waals surface area contributed by atoms with E-state index in [1.165, 1.54) is 180 Å². The molecule has 42 heavy (non-hydrogen) atoms. The molecule has 0 aliphatic rings. The van der Waals surface area contributed by atoms with E-state index < -0.39 is 0 Å². The summed E-state index contributed by atoms with van der Waals surface area (Å²) in [7, 11) is 0. The van der Waals surface area contributed by atoms with Gasteiger partial charge in [-0.1, -0.05) is 200 Å². The smallest absolute Gasteiger partial charge is 0.122 e. The SMILES string of the molecule is CCCCCCCCCCCCCCCCCOc1cccc(OCCCCCCCCCCCCCCCCC)c1. The fraction of sp³-hybridized carbons (Fsp3) is 0.850. The molecule has 0 atom stereocenters. The predicted molar refractivity (Wildman–Crippen MR) is 187 cm³/mol. The van der Waals surface area contributed by atoms with Crippen molar-refractivity contribution in [3.63, 3.8) is 0 Å². The van der Waals surface area contributed by atoms with Crippen LogP contribution in [0.25, 0.3) is 0 Å². The topological polar surface area (TPSA) is 18.5 Å². The normalized spacial score (nSPS) is 11.3. The largest absolute Gasteiger partial charge is 0.493 e. The molecule has 1 aromatic carbocycles. The van der Waals surface area contributed by atoms with Gasteiger partial charge in [0.25, 0.3) is 0 Å². The Kier molecular flexibility index (Phi) is 30.3. The van der Waals surface area contributed by atoms with Gasteiger partial charge in [-0.2, -0.15) is 0 Å². The van der Waals surface area contributed by atoms with Gasteiger partial charge in [-0.05, 0) is 25.0 Å². The number of ether oxygens (including phenoxy) is 2. The zero-order valence-electron chi connectivity index (χ0n) is 28.8. The molecule has 1 aromatic rings. The first-order valence-corrected chi connectivity index (χ1v) is 19.2. The van der Waals surface area contributed by atoms with Crippen LogP contribution in [0.5, 0.6) is 11.5 Å². The lowest BCUT2D eigenvalue weighted by molar-refractivity contribution is 0.289. The van der Waals surface area contributed by atoms with Gasteiger partial charge in [-0.3, -0.25) is 0 Å². The van der Waals surface area contributed by atoms with Crippen LogP contribution in [0.3, 0.4) is 0 Å². The third kappa shape index (κ3) is 27.6. The minimum absolute atomic E-state index is 0.820. The molecule has 0 heterocycles. The molecule has 0 radical (unpaired) electrons. The summed E-state index contributed by atoms with van der Waals surface area (Å²) in [5.41, 5.74) is 0. The van der Waals surface area contributed by atoms with Crippen molar-refractivity contribution >= 4 is 0 Å². The molecule has 0 aromatic heterocycles. The average Bonchev–Trinajstić information content (AvgIpc) is 3.01. The maximum atomic E-state index is 6.01. The Morgan fingerprint density at radius 3 is 0.833 bits per heavy atom. The van der Waals surface area contributed by atoms with Crippen LogP contribution in [0.15, 0.2) is 24.3 Å². The zero-order valence-corrected chi connectivity index (χ0v) is 28.8. The molecule has 2 heteroatoms. The van der Waals surface area contributed by atoms with Gasteiger partial charge in [-0.25, -0.2) is 0 Å². The van der Waals surface area contributed by atoms with E-state index in [0.29, 0.717) is 0 Å². The molecule has 0 aliphatic carbocycles. The van der Waals surface area contributed by atoms with Crippen molar-refractivity contribution in [1.29, 1.82) is 0 Å². The van der Waals surface area contributed by atoms with Crippen molar-refractivity contribution in [2.75, 3.05) is 13.2 Å². The Morgan fingerprint density at radius 2 is 0.571 bits per heavy atom. The van der Waals surface area contributed by atoms with Gasteiger partial charge >= 0.3 is 0 Å². The summed E-state index contributed by atoms with van der Waals surface area (Å²) < 4.78 is 12.0. The van der Waals surface area contributed by atoms with Gasteiger partial charge in [0.2, 0.25) is 0 Å². The van der Waals surface area contributed by atoms with Gasteiger partial charge in [-0.15, -0.1) is 0 Å². The minimum Gasteiger partial charge on any atom is -0.493 e. The average molecular weight is 587 g/mol. The van der Waals surface area contributed by atoms with Crippen molar-refractivity contribution in [3.05, 3.63) is 24.3 Å². The Balaban J connectivity index is 1.84. The predicted octanol–water partition coefficient (Wildman–Crippen LogP) is 14.2. The highest BCUT2D eigenvalue weighted by atomic mass is 16.5. The van der Waals surface area contributed by atoms with Crippen LogP contribution >= 0.6 is 0 Å². The number of unbranched alkanes of at least 4 members (excludes halogenated alkanes) is 28. The van der Waals surface area contributed by atoms with Crippen LogP contribution in [0.2, 0.25) is 0 Å². The molecule has 0 bridgehead atoms. The second kappa shape index (κ2) is 32.7. The molecule has 0 aliphatic heterocycles. The molecule has 0 unspecified atom stereocenters. The zero-order chi connectivity index (χ0) is 30.0. The first-order valence-electron chi connectivity index (χ1n) is 19.2. The number of benzene rings is 1. The van der Waals surface area contributed by atoms with Crippen LogP contribution in [0.4, 0.5) is 0 Å². The summed E-state index contributed by atoms with van der Waals surface area (Å²) in [5.74, 6) is 1.91. The van der Waals surface area contributed by atoms with Crippen molar-refractivity contribution in [1.82, 2.24) is 0 Å².